The fourth-order valence-corrected chi connectivity index (χ4v) is 4.28. The number of hydrogen-bond donors (Lipinski definition) is 1. The zero-order chi connectivity index (χ0) is 23.6. The lowest BCUT2D eigenvalue weighted by Gasteiger charge is -2.42. The second-order valence-corrected chi connectivity index (χ2v) is 11.0. The van der Waals surface area contributed by atoms with E-state index in [9.17, 15) is 0 Å². The summed E-state index contributed by atoms with van der Waals surface area (Å²) in [5.74, 6) is 0.934. The summed E-state index contributed by atoms with van der Waals surface area (Å²) in [4.78, 5) is 4.46. The highest BCUT2D eigenvalue weighted by molar-refractivity contribution is 7.81. The molecular formula is C28H36N3OS+. The molecule has 0 fully saturated rings. The van der Waals surface area contributed by atoms with Crippen LogP contribution in [-0.4, -0.2) is 49.8 Å². The molecule has 0 saturated carbocycles. The first-order valence-corrected chi connectivity index (χ1v) is 12.1. The van der Waals surface area contributed by atoms with Crippen LogP contribution in [0.1, 0.15) is 25.8 Å². The molecule has 33 heavy (non-hydrogen) atoms. The van der Waals surface area contributed by atoms with Crippen molar-refractivity contribution in [3.63, 3.8) is 0 Å². The van der Waals surface area contributed by atoms with E-state index in [4.69, 9.17) is 17.4 Å². The number of rotatable bonds is 7. The molecule has 2 aliphatic rings. The van der Waals surface area contributed by atoms with Crippen molar-refractivity contribution in [2.75, 3.05) is 44.0 Å². The molecule has 0 N–H and O–H groups in total. The van der Waals surface area contributed by atoms with Crippen LogP contribution in [-0.2, 0) is 0 Å². The van der Waals surface area contributed by atoms with Crippen molar-refractivity contribution in [2.24, 2.45) is 0 Å². The van der Waals surface area contributed by atoms with E-state index in [2.05, 4.69) is 106 Å². The quantitative estimate of drug-likeness (QED) is 0.311. The van der Waals surface area contributed by atoms with Gasteiger partial charge in [0.25, 0.3) is 0 Å². The molecule has 0 aliphatic carbocycles. The van der Waals surface area contributed by atoms with E-state index >= 15 is 0 Å². The summed E-state index contributed by atoms with van der Waals surface area (Å²) in [6, 6.07) is 16.8. The topological polar surface area (TPSA) is 15.7 Å². The lowest BCUT2D eigenvalue weighted by Crippen LogP contribution is -2.53. The van der Waals surface area contributed by atoms with E-state index in [0.29, 0.717) is 0 Å². The summed E-state index contributed by atoms with van der Waals surface area (Å²) in [6.45, 7) is 6.43. The van der Waals surface area contributed by atoms with Crippen LogP contribution in [0.25, 0.3) is 5.57 Å². The van der Waals surface area contributed by atoms with Crippen LogP contribution in [0.3, 0.4) is 0 Å². The Morgan fingerprint density at radius 3 is 2.48 bits per heavy atom. The van der Waals surface area contributed by atoms with Crippen molar-refractivity contribution >= 4 is 29.6 Å². The highest BCUT2D eigenvalue weighted by atomic mass is 32.1. The third-order valence-corrected chi connectivity index (χ3v) is 7.52. The van der Waals surface area contributed by atoms with Gasteiger partial charge in [0.2, 0.25) is 0 Å². The summed E-state index contributed by atoms with van der Waals surface area (Å²) in [6.07, 6.45) is 11.8. The predicted octanol–water partition coefficient (Wildman–Crippen LogP) is 5.95. The van der Waals surface area contributed by atoms with Gasteiger partial charge in [-0.3, -0.25) is 0 Å². The van der Waals surface area contributed by atoms with Crippen molar-refractivity contribution in [1.82, 2.24) is 0 Å². The number of likely N-dealkylation sites (N-methyl/N-ethyl adjacent to an activating group) is 1. The Bertz CT molecular complexity index is 1080. The fraction of sp³-hybridized carbons (Fsp3) is 0.357. The molecule has 5 heteroatoms. The zero-order valence-electron chi connectivity index (χ0n) is 20.4. The third-order valence-electron chi connectivity index (χ3n) is 6.98. The summed E-state index contributed by atoms with van der Waals surface area (Å²) in [7, 11) is 6.57. The van der Waals surface area contributed by atoms with Gasteiger partial charge in [-0.2, -0.15) is 0 Å². The van der Waals surface area contributed by atoms with Crippen molar-refractivity contribution < 1.29 is 9.22 Å². The highest BCUT2D eigenvalue weighted by Crippen LogP contribution is 2.36. The summed E-state index contributed by atoms with van der Waals surface area (Å²) >= 11 is 4.80. The first-order chi connectivity index (χ1) is 15.7. The molecule has 0 amide bonds. The van der Waals surface area contributed by atoms with E-state index in [0.717, 1.165) is 35.4 Å². The number of benzene rings is 2. The number of thiol groups is 1. The van der Waals surface area contributed by atoms with Crippen LogP contribution in [0.5, 0.6) is 5.75 Å². The molecule has 2 aliphatic heterocycles. The Kier molecular flexibility index (Phi) is 6.64. The van der Waals surface area contributed by atoms with Gasteiger partial charge in [-0.05, 0) is 35.9 Å². The smallest absolute Gasteiger partial charge is 0.192 e. The molecule has 0 radical (unpaired) electrons. The Labute approximate surface area is 204 Å². The lowest BCUT2D eigenvalue weighted by atomic mass is 9.99. The van der Waals surface area contributed by atoms with Crippen LogP contribution in [0.15, 0.2) is 79.0 Å². The van der Waals surface area contributed by atoms with Crippen molar-refractivity contribution in [3.8, 4) is 5.75 Å². The molecule has 0 saturated heterocycles. The van der Waals surface area contributed by atoms with E-state index in [1.165, 1.54) is 16.8 Å². The molecule has 174 valence electrons. The second kappa shape index (κ2) is 9.32. The van der Waals surface area contributed by atoms with Crippen LogP contribution < -0.4 is 14.5 Å². The molecule has 4 nitrogen and oxygen atoms in total. The molecule has 0 aromatic heterocycles. The van der Waals surface area contributed by atoms with Gasteiger partial charge in [-0.15, -0.1) is 12.6 Å². The van der Waals surface area contributed by atoms with E-state index in [-0.39, 0.29) is 11.1 Å². The first kappa shape index (κ1) is 23.5. The van der Waals surface area contributed by atoms with Gasteiger partial charge in [-0.1, -0.05) is 42.5 Å². The molecular weight excluding hydrogens is 426 g/mol. The molecule has 4 rings (SSSR count). The number of fused-ring (bicyclic) bond motifs is 2. The number of quaternary nitrogens is 1. The van der Waals surface area contributed by atoms with Gasteiger partial charge < -0.3 is 19.0 Å². The molecule has 2 heterocycles. The summed E-state index contributed by atoms with van der Waals surface area (Å²) < 4.78 is 6.95. The number of nitrogens with zero attached hydrogens (tertiary/aromatic N) is 3. The monoisotopic (exact) mass is 462 g/mol. The molecule has 2 aromatic carbocycles. The minimum atomic E-state index is -0.0869. The second-order valence-electron chi connectivity index (χ2n) is 9.88. The standard InChI is InChI=1S/C28H35N3OS/c1-28(2,33)31(4,5)21-11-19-30-20-18-22(23-13-6-7-14-24(23)30)12-10-17-27-29(3)25-15-8-9-16-26(25)32-27/h6-10,12-18,20,27H,11,19,21H2,1-5H3/p+1/b17-10-,22-12-. The number of anilines is 2. The maximum Gasteiger partial charge on any atom is 0.192 e. The number of para-hydroxylation sites is 3. The van der Waals surface area contributed by atoms with Gasteiger partial charge in [0.05, 0.1) is 26.3 Å². The van der Waals surface area contributed by atoms with Gasteiger partial charge in [-0.25, -0.2) is 0 Å². The first-order valence-electron chi connectivity index (χ1n) is 11.6. The summed E-state index contributed by atoms with van der Waals surface area (Å²) in [5, 5.41) is 0. The van der Waals surface area contributed by atoms with Crippen molar-refractivity contribution in [3.05, 3.63) is 84.6 Å². The van der Waals surface area contributed by atoms with Crippen LogP contribution in [0.4, 0.5) is 11.4 Å². The number of hydrogen-bond acceptors (Lipinski definition) is 4. The van der Waals surface area contributed by atoms with E-state index in [1.807, 2.05) is 18.2 Å². The third kappa shape index (κ3) is 4.99. The van der Waals surface area contributed by atoms with Gasteiger partial charge in [0.1, 0.15) is 10.6 Å². The molecule has 1 atom stereocenters. The fourth-order valence-electron chi connectivity index (χ4n) is 4.18. The number of ether oxygens (including phenoxy) is 1. The molecule has 1 unspecified atom stereocenters. The Hall–Kier alpha value is -2.63. The Morgan fingerprint density at radius 1 is 1.06 bits per heavy atom. The molecule has 0 spiro atoms. The normalized spacial score (nSPS) is 19.2. The molecule has 0 bridgehead atoms. The predicted molar refractivity (Wildman–Crippen MR) is 144 cm³/mol. The van der Waals surface area contributed by atoms with Gasteiger partial charge in [0, 0.05) is 51.3 Å². The van der Waals surface area contributed by atoms with E-state index in [1.54, 1.807) is 0 Å². The van der Waals surface area contributed by atoms with Crippen molar-refractivity contribution in [2.45, 2.75) is 31.4 Å². The van der Waals surface area contributed by atoms with Crippen LogP contribution >= 0.6 is 12.6 Å². The zero-order valence-corrected chi connectivity index (χ0v) is 21.3. The maximum absolute atomic E-state index is 6.07. The minimum Gasteiger partial charge on any atom is -0.465 e. The summed E-state index contributed by atoms with van der Waals surface area (Å²) in [5.41, 5.74) is 4.86. The lowest BCUT2D eigenvalue weighted by molar-refractivity contribution is -0.920. The average molecular weight is 463 g/mol. The average Bonchev–Trinajstić information content (AvgIpc) is 3.10. The Morgan fingerprint density at radius 2 is 1.76 bits per heavy atom. The molecule has 2 aromatic rings. The van der Waals surface area contributed by atoms with Crippen LogP contribution in [0.2, 0.25) is 0 Å². The van der Waals surface area contributed by atoms with Crippen molar-refractivity contribution in [1.29, 1.82) is 0 Å². The van der Waals surface area contributed by atoms with Crippen LogP contribution in [0, 0.1) is 0 Å². The highest BCUT2D eigenvalue weighted by Gasteiger charge is 2.32. The SMILES string of the molecule is CN1c2ccccc2OC1/C=C\C=C1\C=CN(CCC[N+](C)(C)C(C)(C)S)c2ccccc21. The van der Waals surface area contributed by atoms with E-state index < -0.39 is 0 Å². The maximum atomic E-state index is 6.07. The largest absolute Gasteiger partial charge is 0.465 e. The minimum absolute atomic E-state index is 0.0592. The van der Waals surface area contributed by atoms with Gasteiger partial charge >= 0.3 is 0 Å². The number of allylic oxidation sites excluding steroid dienone is 4. The van der Waals surface area contributed by atoms with Gasteiger partial charge in [0.15, 0.2) is 6.23 Å². The Balaban J connectivity index is 1.44.